The van der Waals surface area contributed by atoms with Crippen molar-refractivity contribution in [3.8, 4) is 5.75 Å². The Hall–Kier alpha value is -1.22. The van der Waals surface area contributed by atoms with Crippen LogP contribution < -0.4 is 4.90 Å². The Morgan fingerprint density at radius 2 is 1.63 bits per heavy atom. The standard InChI is InChI=1S/C24H40N2O/c1-6-7-10-25-11-13-26(14-12-25)22-15-20(27)8-9-21(22)19-16-23(2,3)18-24(4,5)17-19/h8-9,15,19,27H,6-7,10-14,16-18H2,1-5H3. The summed E-state index contributed by atoms with van der Waals surface area (Å²) in [5.41, 5.74) is 3.49. The molecule has 0 bridgehead atoms. The quantitative estimate of drug-likeness (QED) is 0.725. The summed E-state index contributed by atoms with van der Waals surface area (Å²) in [5, 5.41) is 10.2. The summed E-state index contributed by atoms with van der Waals surface area (Å²) in [5.74, 6) is 0.981. The zero-order valence-electron chi connectivity index (χ0n) is 18.2. The summed E-state index contributed by atoms with van der Waals surface area (Å²) in [7, 11) is 0. The lowest BCUT2D eigenvalue weighted by atomic mass is 9.60. The Bertz CT molecular complexity index is 613. The van der Waals surface area contributed by atoms with E-state index < -0.39 is 0 Å². The Labute approximate surface area is 166 Å². The van der Waals surface area contributed by atoms with Crippen molar-refractivity contribution in [1.82, 2.24) is 4.90 Å². The lowest BCUT2D eigenvalue weighted by Gasteiger charge is -2.46. The first-order chi connectivity index (χ1) is 12.7. The maximum atomic E-state index is 10.2. The molecule has 1 heterocycles. The second kappa shape index (κ2) is 8.03. The number of phenolic OH excluding ortho intramolecular Hbond substituents is 1. The van der Waals surface area contributed by atoms with Gasteiger partial charge >= 0.3 is 0 Å². The fourth-order valence-corrected chi connectivity index (χ4v) is 5.81. The SMILES string of the molecule is CCCCN1CCN(c2cc(O)ccc2C2CC(C)(C)CC(C)(C)C2)CC1. The van der Waals surface area contributed by atoms with E-state index in [1.54, 1.807) is 0 Å². The fraction of sp³-hybridized carbons (Fsp3) is 0.750. The van der Waals surface area contributed by atoms with E-state index in [-0.39, 0.29) is 0 Å². The molecule has 1 saturated carbocycles. The number of piperazine rings is 1. The van der Waals surface area contributed by atoms with Gasteiger partial charge in [-0.1, -0.05) is 47.1 Å². The molecule has 3 nitrogen and oxygen atoms in total. The lowest BCUT2D eigenvalue weighted by molar-refractivity contribution is 0.0969. The molecular weight excluding hydrogens is 332 g/mol. The molecule has 2 aliphatic rings. The van der Waals surface area contributed by atoms with Crippen LogP contribution in [0.15, 0.2) is 18.2 Å². The van der Waals surface area contributed by atoms with Crippen LogP contribution in [0.1, 0.15) is 78.2 Å². The summed E-state index contributed by atoms with van der Waals surface area (Å²) < 4.78 is 0. The van der Waals surface area contributed by atoms with Gasteiger partial charge in [0.2, 0.25) is 0 Å². The highest BCUT2D eigenvalue weighted by molar-refractivity contribution is 5.59. The minimum atomic E-state index is 0.375. The van der Waals surface area contributed by atoms with Crippen LogP contribution in [0.2, 0.25) is 0 Å². The molecule has 1 aromatic carbocycles. The number of unbranched alkanes of at least 4 members (excludes halogenated alkanes) is 1. The minimum absolute atomic E-state index is 0.375. The van der Waals surface area contributed by atoms with E-state index in [4.69, 9.17) is 0 Å². The van der Waals surface area contributed by atoms with Crippen LogP contribution in [0.25, 0.3) is 0 Å². The molecule has 3 rings (SSSR count). The van der Waals surface area contributed by atoms with Crippen LogP contribution in [0.4, 0.5) is 5.69 Å². The number of nitrogens with zero attached hydrogens (tertiary/aromatic N) is 2. The number of benzene rings is 1. The zero-order valence-corrected chi connectivity index (χ0v) is 18.2. The number of hydrogen-bond donors (Lipinski definition) is 1. The van der Waals surface area contributed by atoms with E-state index in [2.05, 4.69) is 50.5 Å². The van der Waals surface area contributed by atoms with Gasteiger partial charge in [-0.15, -0.1) is 0 Å². The summed E-state index contributed by atoms with van der Waals surface area (Å²) in [4.78, 5) is 5.11. The van der Waals surface area contributed by atoms with Crippen molar-refractivity contribution in [3.63, 3.8) is 0 Å². The molecule has 1 N–H and O–H groups in total. The highest BCUT2D eigenvalue weighted by Gasteiger charge is 2.40. The molecule has 1 saturated heterocycles. The molecule has 152 valence electrons. The van der Waals surface area contributed by atoms with Gasteiger partial charge in [0.25, 0.3) is 0 Å². The summed E-state index contributed by atoms with van der Waals surface area (Å²) >= 11 is 0. The van der Waals surface area contributed by atoms with Gasteiger partial charge in [0.15, 0.2) is 0 Å². The van der Waals surface area contributed by atoms with Crippen molar-refractivity contribution in [2.75, 3.05) is 37.6 Å². The Balaban J connectivity index is 1.80. The van der Waals surface area contributed by atoms with Gasteiger partial charge in [0, 0.05) is 37.9 Å². The molecule has 1 aliphatic carbocycles. The molecule has 0 amide bonds. The molecule has 0 aromatic heterocycles. The Kier molecular flexibility index (Phi) is 6.10. The maximum Gasteiger partial charge on any atom is 0.117 e. The van der Waals surface area contributed by atoms with Gasteiger partial charge < -0.3 is 10.0 Å². The molecular formula is C24H40N2O. The first kappa shape index (κ1) is 20.5. The van der Waals surface area contributed by atoms with Gasteiger partial charge in [-0.3, -0.25) is 4.90 Å². The second-order valence-corrected chi connectivity index (χ2v) is 10.5. The molecule has 0 spiro atoms. The van der Waals surface area contributed by atoms with Crippen molar-refractivity contribution in [2.24, 2.45) is 10.8 Å². The Morgan fingerprint density at radius 3 is 2.22 bits per heavy atom. The van der Waals surface area contributed by atoms with Crippen LogP contribution >= 0.6 is 0 Å². The van der Waals surface area contributed by atoms with Gasteiger partial charge in [0.1, 0.15) is 5.75 Å². The number of anilines is 1. The number of phenols is 1. The van der Waals surface area contributed by atoms with Crippen molar-refractivity contribution in [2.45, 2.75) is 72.6 Å². The Morgan fingerprint density at radius 1 is 1.00 bits per heavy atom. The van der Waals surface area contributed by atoms with Crippen molar-refractivity contribution >= 4 is 5.69 Å². The van der Waals surface area contributed by atoms with E-state index in [1.165, 1.54) is 49.9 Å². The van der Waals surface area contributed by atoms with Crippen LogP contribution in [0, 0.1) is 10.8 Å². The van der Waals surface area contributed by atoms with Crippen LogP contribution in [0.5, 0.6) is 5.75 Å². The topological polar surface area (TPSA) is 26.7 Å². The van der Waals surface area contributed by atoms with Crippen LogP contribution in [0.3, 0.4) is 0 Å². The average Bonchev–Trinajstić information content (AvgIpc) is 2.57. The van der Waals surface area contributed by atoms with Gasteiger partial charge in [-0.25, -0.2) is 0 Å². The average molecular weight is 373 g/mol. The largest absolute Gasteiger partial charge is 0.508 e. The smallest absolute Gasteiger partial charge is 0.117 e. The van der Waals surface area contributed by atoms with E-state index in [9.17, 15) is 5.11 Å². The first-order valence-electron chi connectivity index (χ1n) is 11.0. The van der Waals surface area contributed by atoms with Crippen LogP contribution in [-0.4, -0.2) is 42.7 Å². The van der Waals surface area contributed by atoms with E-state index in [0.29, 0.717) is 22.5 Å². The summed E-state index contributed by atoms with van der Waals surface area (Å²) in [6, 6.07) is 6.12. The molecule has 0 radical (unpaired) electrons. The lowest BCUT2D eigenvalue weighted by Crippen LogP contribution is -2.47. The van der Waals surface area contributed by atoms with E-state index in [1.807, 2.05) is 12.1 Å². The molecule has 3 heteroatoms. The fourth-order valence-electron chi connectivity index (χ4n) is 5.81. The maximum absolute atomic E-state index is 10.2. The number of rotatable bonds is 5. The number of hydrogen-bond acceptors (Lipinski definition) is 3. The second-order valence-electron chi connectivity index (χ2n) is 10.5. The normalized spacial score (nSPS) is 23.5. The third kappa shape index (κ3) is 5.19. The van der Waals surface area contributed by atoms with Gasteiger partial charge in [-0.2, -0.15) is 0 Å². The van der Waals surface area contributed by atoms with Crippen molar-refractivity contribution in [3.05, 3.63) is 23.8 Å². The molecule has 0 atom stereocenters. The monoisotopic (exact) mass is 372 g/mol. The van der Waals surface area contributed by atoms with Gasteiger partial charge in [-0.05, 0) is 60.6 Å². The predicted octanol–water partition coefficient (Wildman–Crippen LogP) is 5.63. The first-order valence-corrected chi connectivity index (χ1v) is 11.0. The molecule has 0 unspecified atom stereocenters. The highest BCUT2D eigenvalue weighted by Crippen LogP contribution is 2.53. The molecule has 1 aliphatic heterocycles. The molecule has 1 aromatic rings. The van der Waals surface area contributed by atoms with Gasteiger partial charge in [0.05, 0.1) is 0 Å². The highest BCUT2D eigenvalue weighted by atomic mass is 16.3. The third-order valence-electron chi connectivity index (χ3n) is 6.55. The summed E-state index contributed by atoms with van der Waals surface area (Å²) in [6.45, 7) is 17.6. The summed E-state index contributed by atoms with van der Waals surface area (Å²) in [6.07, 6.45) is 6.34. The van der Waals surface area contributed by atoms with Crippen LogP contribution in [-0.2, 0) is 0 Å². The zero-order chi connectivity index (χ0) is 19.7. The number of aromatic hydroxyl groups is 1. The minimum Gasteiger partial charge on any atom is -0.508 e. The molecule has 27 heavy (non-hydrogen) atoms. The van der Waals surface area contributed by atoms with Crippen molar-refractivity contribution < 1.29 is 5.11 Å². The third-order valence-corrected chi connectivity index (χ3v) is 6.55. The predicted molar refractivity (Wildman–Crippen MR) is 116 cm³/mol. The van der Waals surface area contributed by atoms with E-state index in [0.717, 1.165) is 26.2 Å². The van der Waals surface area contributed by atoms with Crippen molar-refractivity contribution in [1.29, 1.82) is 0 Å². The molecule has 2 fully saturated rings. The van der Waals surface area contributed by atoms with E-state index >= 15 is 0 Å².